The van der Waals surface area contributed by atoms with Gasteiger partial charge in [0, 0.05) is 25.4 Å². The second kappa shape index (κ2) is 12.3. The number of fused-ring (bicyclic) bond motifs is 1. The fourth-order valence-electron chi connectivity index (χ4n) is 5.20. The first-order valence-electron chi connectivity index (χ1n) is 13.5. The molecule has 216 valence electrons. The normalized spacial score (nSPS) is 17.4. The zero-order valence-electron chi connectivity index (χ0n) is 22.4. The van der Waals surface area contributed by atoms with Gasteiger partial charge < -0.3 is 14.8 Å². The summed E-state index contributed by atoms with van der Waals surface area (Å²) in [6, 6.07) is 13.9. The molecule has 0 aliphatic heterocycles. The molecule has 5 rings (SSSR count). The van der Waals surface area contributed by atoms with Crippen molar-refractivity contribution in [1.82, 2.24) is 14.7 Å². The van der Waals surface area contributed by atoms with E-state index in [-0.39, 0.29) is 29.9 Å². The molecular weight excluding hydrogens is 555 g/mol. The van der Waals surface area contributed by atoms with Crippen LogP contribution in [0, 0.1) is 5.92 Å². The van der Waals surface area contributed by atoms with Crippen molar-refractivity contribution in [2.75, 3.05) is 6.61 Å². The molecule has 2 heterocycles. The van der Waals surface area contributed by atoms with Gasteiger partial charge in [0.05, 0.1) is 11.5 Å². The summed E-state index contributed by atoms with van der Waals surface area (Å²) in [5.74, 6) is 0.117. The van der Waals surface area contributed by atoms with Crippen molar-refractivity contribution in [2.45, 2.75) is 57.9 Å². The first-order valence-corrected chi connectivity index (χ1v) is 14.4. The average Bonchev–Trinajstić information content (AvgIpc) is 3.52. The van der Waals surface area contributed by atoms with Gasteiger partial charge in [-0.2, -0.15) is 0 Å². The van der Waals surface area contributed by atoms with Gasteiger partial charge >= 0.3 is 12.3 Å². The van der Waals surface area contributed by atoms with Gasteiger partial charge in [0.1, 0.15) is 11.4 Å². The Morgan fingerprint density at radius 2 is 1.73 bits per heavy atom. The number of nitrogens with zero attached hydrogens (tertiary/aromatic N) is 2. The molecular formula is C30H30F3N3O4S. The van der Waals surface area contributed by atoms with E-state index in [4.69, 9.17) is 4.74 Å². The van der Waals surface area contributed by atoms with Crippen molar-refractivity contribution in [3.05, 3.63) is 77.7 Å². The van der Waals surface area contributed by atoms with Crippen molar-refractivity contribution in [1.29, 1.82) is 0 Å². The van der Waals surface area contributed by atoms with Crippen molar-refractivity contribution >= 4 is 28.2 Å². The largest absolute Gasteiger partial charge is 0.573 e. The molecule has 1 aliphatic rings. The molecule has 1 aliphatic carbocycles. The number of thiazole rings is 1. The summed E-state index contributed by atoms with van der Waals surface area (Å²) in [5, 5.41) is 2.74. The van der Waals surface area contributed by atoms with Crippen molar-refractivity contribution in [2.24, 2.45) is 5.92 Å². The van der Waals surface area contributed by atoms with E-state index >= 15 is 0 Å². The number of nitrogens with one attached hydrogen (secondary N) is 1. The molecule has 0 saturated heterocycles. The van der Waals surface area contributed by atoms with E-state index < -0.39 is 6.36 Å². The van der Waals surface area contributed by atoms with Gasteiger partial charge in [0.15, 0.2) is 4.96 Å². The zero-order valence-corrected chi connectivity index (χ0v) is 23.3. The second-order valence-electron chi connectivity index (χ2n) is 10.1. The molecule has 1 amide bonds. The number of aromatic nitrogens is 2. The first-order chi connectivity index (χ1) is 19.7. The van der Waals surface area contributed by atoms with Crippen LogP contribution < -0.4 is 10.1 Å². The number of esters is 1. The Balaban J connectivity index is 1.14. The first kappa shape index (κ1) is 28.7. The quantitative estimate of drug-likeness (QED) is 0.212. The van der Waals surface area contributed by atoms with E-state index in [0.29, 0.717) is 35.4 Å². The number of carbonyl (C=O) groups excluding carboxylic acids is 2. The Hall–Kier alpha value is -3.86. The smallest absolute Gasteiger partial charge is 0.466 e. The number of hydrogen-bond acceptors (Lipinski definition) is 6. The van der Waals surface area contributed by atoms with Crippen LogP contribution >= 0.6 is 11.3 Å². The van der Waals surface area contributed by atoms with Crippen molar-refractivity contribution in [3.8, 4) is 16.2 Å². The molecule has 0 bridgehead atoms. The standard InChI is InChI=1S/C30H30F3N3O4S/c1-2-39-27(37)15-19-3-7-21(8-4-19)22-9-11-23(12-10-22)26-18-36-17-25(35-29(36)41-26)28(38)34-16-20-5-13-24(14-6-20)40-30(31,32)33/h5-6,9-14,17-19,21H,2-4,7-8,15-16H2,1H3,(H,34,38). The second-order valence-corrected chi connectivity index (χ2v) is 11.1. The van der Waals surface area contributed by atoms with Crippen LogP contribution in [0.3, 0.4) is 0 Å². The number of alkyl halides is 3. The molecule has 0 spiro atoms. The van der Waals surface area contributed by atoms with E-state index in [1.165, 1.54) is 41.2 Å². The fourth-order valence-corrected chi connectivity index (χ4v) is 6.17. The van der Waals surface area contributed by atoms with Gasteiger partial charge in [-0.15, -0.1) is 13.2 Å². The minimum Gasteiger partial charge on any atom is -0.466 e. The van der Waals surface area contributed by atoms with E-state index in [1.54, 1.807) is 6.20 Å². The van der Waals surface area contributed by atoms with Crippen molar-refractivity contribution < 1.29 is 32.2 Å². The third kappa shape index (κ3) is 7.46. The highest BCUT2D eigenvalue weighted by atomic mass is 32.1. The number of imidazole rings is 1. The lowest BCUT2D eigenvalue weighted by molar-refractivity contribution is -0.274. The Bertz CT molecular complexity index is 1460. The lowest BCUT2D eigenvalue weighted by atomic mass is 9.77. The van der Waals surface area contributed by atoms with Crippen LogP contribution in [0.5, 0.6) is 5.75 Å². The summed E-state index contributed by atoms with van der Waals surface area (Å²) in [6.45, 7) is 2.40. The summed E-state index contributed by atoms with van der Waals surface area (Å²) < 4.78 is 47.7. The van der Waals surface area contributed by atoms with Crippen LogP contribution in [0.2, 0.25) is 0 Å². The average molecular weight is 586 g/mol. The maximum atomic E-state index is 12.6. The molecule has 1 fully saturated rings. The molecule has 0 radical (unpaired) electrons. The van der Waals surface area contributed by atoms with E-state index in [9.17, 15) is 22.8 Å². The van der Waals surface area contributed by atoms with Crippen LogP contribution in [0.1, 0.15) is 66.6 Å². The highest BCUT2D eigenvalue weighted by molar-refractivity contribution is 7.20. The molecule has 7 nitrogen and oxygen atoms in total. The molecule has 0 unspecified atom stereocenters. The van der Waals surface area contributed by atoms with E-state index in [0.717, 1.165) is 36.1 Å². The topological polar surface area (TPSA) is 81.9 Å². The Kier molecular flexibility index (Phi) is 8.63. The number of benzene rings is 2. The highest BCUT2D eigenvalue weighted by Crippen LogP contribution is 2.38. The number of hydrogen-bond donors (Lipinski definition) is 1. The monoisotopic (exact) mass is 585 g/mol. The summed E-state index contributed by atoms with van der Waals surface area (Å²) in [4.78, 5) is 30.5. The number of halogens is 3. The third-order valence-corrected chi connectivity index (χ3v) is 8.32. The zero-order chi connectivity index (χ0) is 29.0. The van der Waals surface area contributed by atoms with Crippen LogP contribution in [0.25, 0.3) is 15.4 Å². The minimum absolute atomic E-state index is 0.0949. The van der Waals surface area contributed by atoms with Gasteiger partial charge in [0.2, 0.25) is 0 Å². The van der Waals surface area contributed by atoms with Crippen LogP contribution in [-0.4, -0.2) is 34.2 Å². The Morgan fingerprint density at radius 3 is 2.37 bits per heavy atom. The van der Waals surface area contributed by atoms with Gasteiger partial charge in [-0.05, 0) is 73.3 Å². The summed E-state index contributed by atoms with van der Waals surface area (Å²) in [7, 11) is 0. The molecule has 2 aromatic carbocycles. The molecule has 4 aromatic rings. The summed E-state index contributed by atoms with van der Waals surface area (Å²) in [5.41, 5.74) is 3.27. The molecule has 2 aromatic heterocycles. The Morgan fingerprint density at radius 1 is 1.02 bits per heavy atom. The van der Waals surface area contributed by atoms with Gasteiger partial charge in [-0.1, -0.05) is 47.7 Å². The molecule has 41 heavy (non-hydrogen) atoms. The lowest BCUT2D eigenvalue weighted by Crippen LogP contribution is -2.23. The highest BCUT2D eigenvalue weighted by Gasteiger charge is 2.31. The molecule has 1 saturated carbocycles. The van der Waals surface area contributed by atoms with E-state index in [1.807, 2.05) is 17.5 Å². The van der Waals surface area contributed by atoms with Crippen LogP contribution in [0.15, 0.2) is 60.9 Å². The predicted molar refractivity (Wildman–Crippen MR) is 149 cm³/mol. The van der Waals surface area contributed by atoms with E-state index in [2.05, 4.69) is 39.3 Å². The van der Waals surface area contributed by atoms with Gasteiger partial charge in [0.25, 0.3) is 5.91 Å². The van der Waals surface area contributed by atoms with Crippen molar-refractivity contribution in [3.63, 3.8) is 0 Å². The van der Waals surface area contributed by atoms with Crippen LogP contribution in [-0.2, 0) is 16.1 Å². The predicted octanol–water partition coefficient (Wildman–Crippen LogP) is 7.12. The Labute approximate surface area is 239 Å². The summed E-state index contributed by atoms with van der Waals surface area (Å²) in [6.07, 6.45) is 3.57. The number of amides is 1. The van der Waals surface area contributed by atoms with Crippen LogP contribution in [0.4, 0.5) is 13.2 Å². The number of rotatable bonds is 9. The van der Waals surface area contributed by atoms with Gasteiger partial charge in [-0.25, -0.2) is 4.98 Å². The lowest BCUT2D eigenvalue weighted by Gasteiger charge is -2.28. The molecule has 0 atom stereocenters. The maximum absolute atomic E-state index is 12.6. The summed E-state index contributed by atoms with van der Waals surface area (Å²) >= 11 is 1.48. The fraction of sp³-hybridized carbons (Fsp3) is 0.367. The third-order valence-electron chi connectivity index (χ3n) is 7.27. The maximum Gasteiger partial charge on any atom is 0.573 e. The molecule has 1 N–H and O–H groups in total. The molecule has 11 heteroatoms. The van der Waals surface area contributed by atoms with Gasteiger partial charge in [-0.3, -0.25) is 14.0 Å². The number of ether oxygens (including phenoxy) is 2. The SMILES string of the molecule is CCOC(=O)CC1CCC(c2ccc(-c3cn4cc(C(=O)NCc5ccc(OC(F)(F)F)cc5)nc4s3)cc2)CC1. The number of carbonyl (C=O) groups is 2. The minimum atomic E-state index is -4.75.